The van der Waals surface area contributed by atoms with E-state index < -0.39 is 0 Å². The lowest BCUT2D eigenvalue weighted by Crippen LogP contribution is -2.38. The van der Waals surface area contributed by atoms with Crippen LogP contribution < -0.4 is 14.8 Å². The molecule has 1 N–H and O–H groups in total. The number of carbonyl (C=O) groups is 2. The third-order valence-corrected chi connectivity index (χ3v) is 4.93. The van der Waals surface area contributed by atoms with Crippen molar-refractivity contribution in [3.8, 4) is 22.8 Å². The van der Waals surface area contributed by atoms with Crippen LogP contribution in [0, 0.1) is 0 Å². The number of aromatic nitrogens is 1. The molecular weight excluding hydrogens is 394 g/mol. The fraction of sp³-hybridized carbons (Fsp3) is 0.292. The summed E-state index contributed by atoms with van der Waals surface area (Å²) in [7, 11) is 4.77. The van der Waals surface area contributed by atoms with Crippen LogP contribution in [-0.2, 0) is 4.79 Å². The Morgan fingerprint density at radius 2 is 1.77 bits per heavy atom. The van der Waals surface area contributed by atoms with E-state index in [-0.39, 0.29) is 18.4 Å². The molecule has 31 heavy (non-hydrogen) atoms. The molecule has 3 rings (SSSR count). The van der Waals surface area contributed by atoms with Gasteiger partial charge >= 0.3 is 0 Å². The number of fused-ring (bicyclic) bond motifs is 1. The minimum Gasteiger partial charge on any atom is -0.493 e. The second-order valence-corrected chi connectivity index (χ2v) is 7.15. The number of carbonyl (C=O) groups excluding carboxylic acids is 2. The van der Waals surface area contributed by atoms with Crippen LogP contribution in [0.3, 0.4) is 0 Å². The van der Waals surface area contributed by atoms with E-state index in [4.69, 9.17) is 14.5 Å². The van der Waals surface area contributed by atoms with Crippen molar-refractivity contribution in [2.24, 2.45) is 0 Å². The highest BCUT2D eigenvalue weighted by atomic mass is 16.5. The largest absolute Gasteiger partial charge is 0.493 e. The molecule has 0 bridgehead atoms. The molecule has 1 aromatic heterocycles. The number of ether oxygens (including phenoxy) is 2. The van der Waals surface area contributed by atoms with E-state index in [1.807, 2.05) is 43.3 Å². The van der Waals surface area contributed by atoms with Gasteiger partial charge in [-0.25, -0.2) is 4.98 Å². The molecule has 2 amide bonds. The van der Waals surface area contributed by atoms with Crippen LogP contribution in [0.15, 0.2) is 48.5 Å². The van der Waals surface area contributed by atoms with Crippen LogP contribution in [0.5, 0.6) is 11.5 Å². The zero-order chi connectivity index (χ0) is 22.4. The van der Waals surface area contributed by atoms with E-state index in [0.717, 1.165) is 17.4 Å². The lowest BCUT2D eigenvalue weighted by atomic mass is 10.0. The van der Waals surface area contributed by atoms with Crippen LogP contribution in [0.2, 0.25) is 0 Å². The Kier molecular flexibility index (Phi) is 7.07. The van der Waals surface area contributed by atoms with Gasteiger partial charge in [0.1, 0.15) is 0 Å². The van der Waals surface area contributed by atoms with E-state index in [2.05, 4.69) is 5.32 Å². The van der Waals surface area contributed by atoms with Crippen LogP contribution >= 0.6 is 0 Å². The van der Waals surface area contributed by atoms with Gasteiger partial charge in [0.15, 0.2) is 11.5 Å². The molecule has 0 atom stereocenters. The molecule has 1 heterocycles. The Morgan fingerprint density at radius 1 is 1.03 bits per heavy atom. The van der Waals surface area contributed by atoms with E-state index in [1.54, 1.807) is 33.4 Å². The van der Waals surface area contributed by atoms with Crippen LogP contribution in [0.4, 0.5) is 0 Å². The molecule has 0 saturated carbocycles. The van der Waals surface area contributed by atoms with E-state index in [9.17, 15) is 9.59 Å². The number of benzene rings is 2. The topological polar surface area (TPSA) is 80.8 Å². The van der Waals surface area contributed by atoms with Gasteiger partial charge in [-0.2, -0.15) is 0 Å². The molecule has 3 aromatic rings. The number of pyridine rings is 1. The van der Waals surface area contributed by atoms with Crippen molar-refractivity contribution in [1.29, 1.82) is 0 Å². The van der Waals surface area contributed by atoms with E-state index >= 15 is 0 Å². The Morgan fingerprint density at radius 3 is 2.48 bits per heavy atom. The standard InChI is InChI=1S/C24H27N3O4/c1-5-12-25-23(28)15-27(2)24(29)18-14-20(26-19-9-7-6-8-17(18)19)16-10-11-21(30-3)22(13-16)31-4/h6-11,13-14H,5,12,15H2,1-4H3,(H,25,28). The quantitative estimate of drug-likeness (QED) is 0.602. The van der Waals surface area contributed by atoms with Crippen molar-refractivity contribution in [3.05, 3.63) is 54.1 Å². The lowest BCUT2D eigenvalue weighted by Gasteiger charge is -2.18. The minimum atomic E-state index is -0.244. The van der Waals surface area contributed by atoms with Crippen molar-refractivity contribution >= 4 is 22.7 Å². The molecule has 7 heteroatoms. The summed E-state index contributed by atoms with van der Waals surface area (Å²) in [6.45, 7) is 2.55. The van der Waals surface area contributed by atoms with E-state index in [0.29, 0.717) is 34.8 Å². The van der Waals surface area contributed by atoms with Crippen molar-refractivity contribution in [1.82, 2.24) is 15.2 Å². The summed E-state index contributed by atoms with van der Waals surface area (Å²) in [5, 5.41) is 3.53. The van der Waals surface area contributed by atoms with E-state index in [1.165, 1.54) is 4.90 Å². The van der Waals surface area contributed by atoms with Gasteiger partial charge in [0, 0.05) is 24.5 Å². The predicted molar refractivity (Wildman–Crippen MR) is 121 cm³/mol. The first-order valence-corrected chi connectivity index (χ1v) is 10.1. The number of hydrogen-bond donors (Lipinski definition) is 1. The number of hydrogen-bond acceptors (Lipinski definition) is 5. The van der Waals surface area contributed by atoms with Gasteiger partial charge in [0.05, 0.1) is 37.5 Å². The number of nitrogens with zero attached hydrogens (tertiary/aromatic N) is 2. The maximum Gasteiger partial charge on any atom is 0.254 e. The summed E-state index contributed by atoms with van der Waals surface area (Å²) in [4.78, 5) is 31.5. The zero-order valence-corrected chi connectivity index (χ0v) is 18.3. The normalized spacial score (nSPS) is 10.6. The van der Waals surface area contributed by atoms with Gasteiger partial charge < -0.3 is 19.7 Å². The number of likely N-dealkylation sites (N-methyl/N-ethyl adjacent to an activating group) is 1. The Bertz CT molecular complexity index is 1100. The highest BCUT2D eigenvalue weighted by molar-refractivity contribution is 6.07. The average molecular weight is 421 g/mol. The van der Waals surface area contributed by atoms with Gasteiger partial charge in [0.2, 0.25) is 5.91 Å². The molecule has 0 aliphatic heterocycles. The smallest absolute Gasteiger partial charge is 0.254 e. The molecule has 2 aromatic carbocycles. The number of para-hydroxylation sites is 1. The first-order chi connectivity index (χ1) is 15.0. The van der Waals surface area contributed by atoms with Crippen molar-refractivity contribution in [2.45, 2.75) is 13.3 Å². The number of amides is 2. The molecule has 0 aliphatic carbocycles. The Balaban J connectivity index is 2.02. The fourth-order valence-corrected chi connectivity index (χ4v) is 3.31. The molecule has 7 nitrogen and oxygen atoms in total. The van der Waals surface area contributed by atoms with Crippen LogP contribution in [-0.4, -0.2) is 56.1 Å². The van der Waals surface area contributed by atoms with Gasteiger partial charge in [-0.15, -0.1) is 0 Å². The Labute approximate surface area is 182 Å². The molecule has 0 fully saturated rings. The maximum atomic E-state index is 13.2. The SMILES string of the molecule is CCCNC(=O)CN(C)C(=O)c1cc(-c2ccc(OC)c(OC)c2)nc2ccccc12. The summed E-state index contributed by atoms with van der Waals surface area (Å²) < 4.78 is 10.7. The summed E-state index contributed by atoms with van der Waals surface area (Å²) in [6, 6.07) is 14.7. The van der Waals surface area contributed by atoms with Gasteiger partial charge in [-0.1, -0.05) is 25.1 Å². The van der Waals surface area contributed by atoms with Crippen molar-refractivity contribution in [2.75, 3.05) is 34.4 Å². The molecule has 0 saturated heterocycles. The van der Waals surface area contributed by atoms with Gasteiger partial charge in [-0.05, 0) is 36.8 Å². The van der Waals surface area contributed by atoms with Crippen molar-refractivity contribution < 1.29 is 19.1 Å². The van der Waals surface area contributed by atoms with Crippen LogP contribution in [0.1, 0.15) is 23.7 Å². The maximum absolute atomic E-state index is 13.2. The minimum absolute atomic E-state index is 0.0127. The molecule has 0 radical (unpaired) electrons. The average Bonchev–Trinajstić information content (AvgIpc) is 2.80. The molecular formula is C24H27N3O4. The third-order valence-electron chi connectivity index (χ3n) is 4.93. The summed E-state index contributed by atoms with van der Waals surface area (Å²) in [6.07, 6.45) is 0.840. The van der Waals surface area contributed by atoms with Gasteiger partial charge in [-0.3, -0.25) is 9.59 Å². The predicted octanol–water partition coefficient (Wildman–Crippen LogP) is 3.52. The second kappa shape index (κ2) is 9.93. The first-order valence-electron chi connectivity index (χ1n) is 10.1. The molecule has 0 spiro atoms. The number of nitrogens with one attached hydrogen (secondary N) is 1. The Hall–Kier alpha value is -3.61. The summed E-state index contributed by atoms with van der Waals surface area (Å²) in [5.41, 5.74) is 2.61. The van der Waals surface area contributed by atoms with Crippen molar-refractivity contribution in [3.63, 3.8) is 0 Å². The molecule has 0 unspecified atom stereocenters. The fourth-order valence-electron chi connectivity index (χ4n) is 3.31. The molecule has 162 valence electrons. The summed E-state index contributed by atoms with van der Waals surface area (Å²) in [5.74, 6) is 0.761. The number of methoxy groups -OCH3 is 2. The lowest BCUT2D eigenvalue weighted by molar-refractivity contribution is -0.121. The van der Waals surface area contributed by atoms with Gasteiger partial charge in [0.25, 0.3) is 5.91 Å². The second-order valence-electron chi connectivity index (χ2n) is 7.15. The van der Waals surface area contributed by atoms with Crippen LogP contribution in [0.25, 0.3) is 22.2 Å². The highest BCUT2D eigenvalue weighted by Crippen LogP contribution is 2.33. The number of rotatable bonds is 8. The molecule has 0 aliphatic rings. The summed E-state index contributed by atoms with van der Waals surface area (Å²) >= 11 is 0. The monoisotopic (exact) mass is 421 g/mol. The highest BCUT2D eigenvalue weighted by Gasteiger charge is 2.19. The zero-order valence-electron chi connectivity index (χ0n) is 18.3. The third kappa shape index (κ3) is 4.94. The first kappa shape index (κ1) is 22.1.